The third-order valence-electron chi connectivity index (χ3n) is 0.606. The topological polar surface area (TPSA) is 20.2 Å². The average Bonchev–Trinajstić information content (AvgIpc) is 1.61. The lowest BCUT2D eigenvalue weighted by molar-refractivity contribution is 0.284. The van der Waals surface area contributed by atoms with Crippen LogP contribution in [0.2, 0.25) is 0 Å². The summed E-state index contributed by atoms with van der Waals surface area (Å²) in [6.45, 7) is 3.06. The second-order valence-corrected chi connectivity index (χ2v) is 1.34. The Morgan fingerprint density at radius 2 is 2.29 bits per heavy atom. The van der Waals surface area contributed by atoms with Crippen molar-refractivity contribution in [3.05, 3.63) is 12.4 Å². The van der Waals surface area contributed by atoms with E-state index in [0.29, 0.717) is 6.42 Å². The van der Waals surface area contributed by atoms with Crippen molar-refractivity contribution in [2.75, 3.05) is 6.61 Å². The Hall–Kier alpha value is -0.370. The molecule has 0 bridgehead atoms. The van der Waals surface area contributed by atoms with Crippen LogP contribution in [0.3, 0.4) is 0 Å². The minimum Gasteiger partial charge on any atom is -0.396 e. The number of aliphatic hydroxyl groups excluding tert-OH is 1. The van der Waals surface area contributed by atoms with Crippen molar-refractivity contribution < 1.29 is 9.50 Å². The van der Waals surface area contributed by atoms with E-state index in [1.54, 1.807) is 0 Å². The molecule has 0 aromatic heterocycles. The van der Waals surface area contributed by atoms with Crippen molar-refractivity contribution in [3.63, 3.8) is 0 Å². The van der Waals surface area contributed by atoms with Crippen LogP contribution in [-0.4, -0.2) is 11.7 Å². The van der Waals surface area contributed by atoms with Gasteiger partial charge in [-0.05, 0) is 6.42 Å². The van der Waals surface area contributed by atoms with Gasteiger partial charge < -0.3 is 5.11 Å². The normalized spacial score (nSPS) is 8.86. The Morgan fingerprint density at radius 1 is 1.71 bits per heavy atom. The minimum atomic E-state index is -0.353. The van der Waals surface area contributed by atoms with E-state index in [0.717, 1.165) is 0 Å². The molecule has 1 N–H and O–H groups in total. The van der Waals surface area contributed by atoms with Gasteiger partial charge in [0.05, 0.1) is 5.83 Å². The molecule has 0 saturated carbocycles. The van der Waals surface area contributed by atoms with Gasteiger partial charge in [0.25, 0.3) is 0 Å². The summed E-state index contributed by atoms with van der Waals surface area (Å²) in [5.74, 6) is -0.353. The van der Waals surface area contributed by atoms with Crippen molar-refractivity contribution in [1.82, 2.24) is 0 Å². The summed E-state index contributed by atoms with van der Waals surface area (Å²) in [6, 6.07) is 0. The van der Waals surface area contributed by atoms with E-state index in [1.165, 1.54) is 0 Å². The Kier molecular flexibility index (Phi) is 3.61. The maximum Gasteiger partial charge on any atom is 0.0928 e. The van der Waals surface area contributed by atoms with Crippen LogP contribution in [0.1, 0.15) is 12.8 Å². The minimum absolute atomic E-state index is 0.0446. The van der Waals surface area contributed by atoms with Crippen LogP contribution >= 0.6 is 0 Å². The van der Waals surface area contributed by atoms with Crippen LogP contribution in [0.4, 0.5) is 4.39 Å². The Bertz CT molecular complexity index is 61.1. The van der Waals surface area contributed by atoms with Gasteiger partial charge in [0, 0.05) is 13.0 Å². The van der Waals surface area contributed by atoms with Crippen molar-refractivity contribution in [2.24, 2.45) is 0 Å². The molecule has 0 amide bonds. The molecule has 1 nitrogen and oxygen atoms in total. The highest BCUT2D eigenvalue weighted by atomic mass is 19.1. The van der Waals surface area contributed by atoms with Gasteiger partial charge in [-0.25, -0.2) is 4.39 Å². The molecule has 0 heterocycles. The fraction of sp³-hybridized carbons (Fsp3) is 0.600. The maximum absolute atomic E-state index is 11.6. The summed E-state index contributed by atoms with van der Waals surface area (Å²) < 4.78 is 11.6. The highest BCUT2D eigenvalue weighted by Gasteiger charge is 1.86. The molecular weight excluding hydrogens is 95.1 g/mol. The molecule has 0 aliphatic rings. The van der Waals surface area contributed by atoms with E-state index in [1.807, 2.05) is 0 Å². The van der Waals surface area contributed by atoms with Crippen LogP contribution in [0.5, 0.6) is 0 Å². The summed E-state index contributed by atoms with van der Waals surface area (Å²) in [7, 11) is 0. The first-order valence-electron chi connectivity index (χ1n) is 2.21. The molecule has 7 heavy (non-hydrogen) atoms. The lowest BCUT2D eigenvalue weighted by Crippen LogP contribution is -1.80. The van der Waals surface area contributed by atoms with Crippen molar-refractivity contribution in [1.29, 1.82) is 0 Å². The molecular formula is C5H9FO. The summed E-state index contributed by atoms with van der Waals surface area (Å²) >= 11 is 0. The highest BCUT2D eigenvalue weighted by molar-refractivity contribution is 4.78. The zero-order valence-electron chi connectivity index (χ0n) is 4.15. The third kappa shape index (κ3) is 5.63. The summed E-state index contributed by atoms with van der Waals surface area (Å²) in [6.07, 6.45) is 0.770. The highest BCUT2D eigenvalue weighted by Crippen LogP contribution is 2.00. The van der Waals surface area contributed by atoms with Gasteiger partial charge in [-0.2, -0.15) is 0 Å². The molecule has 0 unspecified atom stereocenters. The summed E-state index contributed by atoms with van der Waals surface area (Å²) in [4.78, 5) is 0. The molecule has 0 fully saturated rings. The van der Waals surface area contributed by atoms with Gasteiger partial charge in [-0.15, -0.1) is 0 Å². The predicted molar refractivity (Wildman–Crippen MR) is 26.6 cm³/mol. The Balaban J connectivity index is 2.82. The van der Waals surface area contributed by atoms with Crippen molar-refractivity contribution in [3.8, 4) is 0 Å². The molecule has 0 radical (unpaired) electrons. The SMILES string of the molecule is C=C(F)CCCO. The molecule has 0 aliphatic heterocycles. The van der Waals surface area contributed by atoms with Crippen molar-refractivity contribution in [2.45, 2.75) is 12.8 Å². The van der Waals surface area contributed by atoms with E-state index in [-0.39, 0.29) is 18.9 Å². The number of halogens is 1. The van der Waals surface area contributed by atoms with E-state index in [2.05, 4.69) is 6.58 Å². The molecule has 0 spiro atoms. The monoisotopic (exact) mass is 104 g/mol. The Morgan fingerprint density at radius 3 is 2.43 bits per heavy atom. The molecule has 0 aromatic carbocycles. The number of aliphatic hydroxyl groups is 1. The van der Waals surface area contributed by atoms with E-state index in [9.17, 15) is 4.39 Å². The molecule has 2 heteroatoms. The largest absolute Gasteiger partial charge is 0.396 e. The summed E-state index contributed by atoms with van der Waals surface area (Å²) in [5, 5.41) is 8.11. The van der Waals surface area contributed by atoms with Crippen LogP contribution in [0.25, 0.3) is 0 Å². The van der Waals surface area contributed by atoms with Crippen LogP contribution < -0.4 is 0 Å². The van der Waals surface area contributed by atoms with Gasteiger partial charge in [-0.1, -0.05) is 6.58 Å². The first-order valence-corrected chi connectivity index (χ1v) is 2.21. The molecule has 42 valence electrons. The smallest absolute Gasteiger partial charge is 0.0928 e. The van der Waals surface area contributed by atoms with E-state index >= 15 is 0 Å². The maximum atomic E-state index is 11.6. The van der Waals surface area contributed by atoms with Gasteiger partial charge in [0.1, 0.15) is 0 Å². The number of hydrogen-bond acceptors (Lipinski definition) is 1. The zero-order chi connectivity index (χ0) is 5.70. The van der Waals surface area contributed by atoms with E-state index in [4.69, 9.17) is 5.11 Å². The number of hydrogen-bond donors (Lipinski definition) is 1. The molecule has 0 saturated heterocycles. The number of allylic oxidation sites excluding steroid dienone is 1. The molecule has 0 aliphatic carbocycles. The zero-order valence-corrected chi connectivity index (χ0v) is 4.15. The Labute approximate surface area is 42.5 Å². The van der Waals surface area contributed by atoms with Crippen LogP contribution in [0, 0.1) is 0 Å². The lowest BCUT2D eigenvalue weighted by atomic mass is 10.3. The quantitative estimate of drug-likeness (QED) is 0.571. The van der Waals surface area contributed by atoms with Crippen molar-refractivity contribution >= 4 is 0 Å². The van der Waals surface area contributed by atoms with E-state index < -0.39 is 0 Å². The predicted octanol–water partition coefficient (Wildman–Crippen LogP) is 1.24. The first kappa shape index (κ1) is 6.63. The molecule has 0 aromatic rings. The fourth-order valence-corrected chi connectivity index (χ4v) is 0.271. The second kappa shape index (κ2) is 3.81. The first-order chi connectivity index (χ1) is 3.27. The number of rotatable bonds is 3. The van der Waals surface area contributed by atoms with Crippen LogP contribution in [-0.2, 0) is 0 Å². The van der Waals surface area contributed by atoms with Gasteiger partial charge >= 0.3 is 0 Å². The summed E-state index contributed by atoms with van der Waals surface area (Å²) in [5.41, 5.74) is 0. The molecule has 0 atom stereocenters. The van der Waals surface area contributed by atoms with Gasteiger partial charge in [0.15, 0.2) is 0 Å². The average molecular weight is 104 g/mol. The third-order valence-corrected chi connectivity index (χ3v) is 0.606. The molecule has 0 rings (SSSR count). The van der Waals surface area contributed by atoms with Gasteiger partial charge in [-0.3, -0.25) is 0 Å². The second-order valence-electron chi connectivity index (χ2n) is 1.34. The fourth-order valence-electron chi connectivity index (χ4n) is 0.271. The standard InChI is InChI=1S/C5H9FO/c1-5(6)3-2-4-7/h7H,1-4H2. The van der Waals surface area contributed by atoms with Crippen LogP contribution in [0.15, 0.2) is 12.4 Å². The lowest BCUT2D eigenvalue weighted by Gasteiger charge is -1.87. The van der Waals surface area contributed by atoms with Gasteiger partial charge in [0.2, 0.25) is 0 Å².